The lowest BCUT2D eigenvalue weighted by Crippen LogP contribution is -2.07. The molecule has 0 unspecified atom stereocenters. The molecule has 5 nitrogen and oxygen atoms in total. The van der Waals surface area contributed by atoms with Crippen molar-refractivity contribution in [1.29, 1.82) is 5.26 Å². The van der Waals surface area contributed by atoms with Crippen molar-refractivity contribution >= 4 is 27.5 Å². The van der Waals surface area contributed by atoms with Crippen LogP contribution in [0.3, 0.4) is 0 Å². The number of anilines is 1. The maximum absolute atomic E-state index is 12.1. The van der Waals surface area contributed by atoms with Crippen molar-refractivity contribution in [2.24, 2.45) is 0 Å². The summed E-state index contributed by atoms with van der Waals surface area (Å²) in [5, 5.41) is 11.7. The van der Waals surface area contributed by atoms with E-state index in [1.807, 2.05) is 0 Å². The van der Waals surface area contributed by atoms with E-state index in [0.717, 1.165) is 11.1 Å². The van der Waals surface area contributed by atoms with E-state index in [9.17, 15) is 13.2 Å². The normalized spacial score (nSPS) is 11.2. The first-order valence-corrected chi connectivity index (χ1v) is 10.6. The molecule has 3 aromatic carbocycles. The summed E-state index contributed by atoms with van der Waals surface area (Å²) in [6, 6.07) is 22.8. The predicted molar refractivity (Wildman–Crippen MR) is 114 cm³/mol. The smallest absolute Gasteiger partial charge is 0.248 e. The topological polar surface area (TPSA) is 87.0 Å². The number of carbonyl (C=O) groups excluding carboxylic acids is 1. The molecule has 144 valence electrons. The first kappa shape index (κ1) is 20.1. The Hall–Kier alpha value is -3.69. The van der Waals surface area contributed by atoms with Gasteiger partial charge in [-0.1, -0.05) is 42.5 Å². The molecule has 0 aliphatic rings. The third-order valence-corrected chi connectivity index (χ3v) is 5.35. The summed E-state index contributed by atoms with van der Waals surface area (Å²) < 4.78 is 24.0. The number of nitrogens with zero attached hydrogens (tertiary/aromatic N) is 1. The second-order valence-electron chi connectivity index (χ2n) is 6.41. The van der Waals surface area contributed by atoms with Crippen molar-refractivity contribution in [3.63, 3.8) is 0 Å². The Balaban J connectivity index is 1.74. The highest BCUT2D eigenvalue weighted by Gasteiger charge is 2.13. The molecule has 29 heavy (non-hydrogen) atoms. The number of amides is 1. The van der Waals surface area contributed by atoms with Crippen molar-refractivity contribution in [2.75, 3.05) is 11.6 Å². The van der Waals surface area contributed by atoms with E-state index in [2.05, 4.69) is 11.4 Å². The lowest BCUT2D eigenvalue weighted by atomic mass is 10.1. The summed E-state index contributed by atoms with van der Waals surface area (Å²) >= 11 is 0. The molecule has 1 N–H and O–H groups in total. The summed E-state index contributed by atoms with van der Waals surface area (Å²) in [5.41, 5.74) is 3.23. The van der Waals surface area contributed by atoms with Crippen molar-refractivity contribution in [3.8, 4) is 17.2 Å². The van der Waals surface area contributed by atoms with Crippen molar-refractivity contribution < 1.29 is 13.2 Å². The molecule has 3 aromatic rings. The monoisotopic (exact) mass is 402 g/mol. The SMILES string of the molecule is CS(=O)(=O)c1ccccc1-c1ccc(NC(=O)C=Cc2cccc(C#N)c2)cc1. The van der Waals surface area contributed by atoms with Crippen molar-refractivity contribution in [1.82, 2.24) is 0 Å². The van der Waals surface area contributed by atoms with E-state index < -0.39 is 9.84 Å². The highest BCUT2D eigenvalue weighted by molar-refractivity contribution is 7.90. The summed E-state index contributed by atoms with van der Waals surface area (Å²) in [6.07, 6.45) is 4.20. The summed E-state index contributed by atoms with van der Waals surface area (Å²) in [4.78, 5) is 12.4. The third kappa shape index (κ3) is 5.18. The van der Waals surface area contributed by atoms with Gasteiger partial charge >= 0.3 is 0 Å². The van der Waals surface area contributed by atoms with E-state index in [4.69, 9.17) is 5.26 Å². The Morgan fingerprint density at radius 1 is 1.00 bits per heavy atom. The highest BCUT2D eigenvalue weighted by atomic mass is 32.2. The molecule has 0 heterocycles. The molecule has 0 saturated carbocycles. The van der Waals surface area contributed by atoms with Crippen LogP contribution in [0.15, 0.2) is 83.8 Å². The minimum atomic E-state index is -3.35. The van der Waals surface area contributed by atoms with Gasteiger partial charge in [-0.2, -0.15) is 5.26 Å². The zero-order valence-electron chi connectivity index (χ0n) is 15.7. The average molecular weight is 402 g/mol. The highest BCUT2D eigenvalue weighted by Crippen LogP contribution is 2.28. The van der Waals surface area contributed by atoms with Gasteiger partial charge in [0.25, 0.3) is 0 Å². The fraction of sp³-hybridized carbons (Fsp3) is 0.0435. The number of carbonyl (C=O) groups is 1. The van der Waals surface area contributed by atoms with Gasteiger partial charge in [-0.3, -0.25) is 4.79 Å². The molecule has 0 aliphatic heterocycles. The molecule has 0 aromatic heterocycles. The van der Waals surface area contributed by atoms with Crippen LogP contribution in [0.1, 0.15) is 11.1 Å². The van der Waals surface area contributed by atoms with Crippen LogP contribution in [0.25, 0.3) is 17.2 Å². The number of rotatable bonds is 5. The molecule has 0 bridgehead atoms. The standard InChI is InChI=1S/C23H18N2O3S/c1-29(27,28)22-8-3-2-7-21(22)19-10-12-20(13-11-19)25-23(26)14-9-17-5-4-6-18(15-17)16-24/h2-15H,1H3,(H,25,26). The third-order valence-electron chi connectivity index (χ3n) is 4.19. The van der Waals surface area contributed by atoms with E-state index in [-0.39, 0.29) is 10.8 Å². The molecule has 1 amide bonds. The molecule has 0 fully saturated rings. The molecular weight excluding hydrogens is 384 g/mol. The molecule has 6 heteroatoms. The lowest BCUT2D eigenvalue weighted by molar-refractivity contribution is -0.111. The number of sulfone groups is 1. The maximum Gasteiger partial charge on any atom is 0.248 e. The van der Waals surface area contributed by atoms with Crippen LogP contribution >= 0.6 is 0 Å². The van der Waals surface area contributed by atoms with E-state index in [1.165, 1.54) is 12.3 Å². The molecule has 0 saturated heterocycles. The number of nitriles is 1. The number of nitrogens with one attached hydrogen (secondary N) is 1. The molecular formula is C23H18N2O3S. The molecule has 3 rings (SSSR count). The largest absolute Gasteiger partial charge is 0.323 e. The van der Waals surface area contributed by atoms with E-state index in [0.29, 0.717) is 16.8 Å². The molecule has 0 atom stereocenters. The molecule has 0 radical (unpaired) electrons. The van der Waals surface area contributed by atoms with Crippen LogP contribution in [0.2, 0.25) is 0 Å². The van der Waals surface area contributed by atoms with Gasteiger partial charge < -0.3 is 5.32 Å². The maximum atomic E-state index is 12.1. The van der Waals surface area contributed by atoms with Gasteiger partial charge in [-0.15, -0.1) is 0 Å². The van der Waals surface area contributed by atoms with Gasteiger partial charge in [0, 0.05) is 23.6 Å². The van der Waals surface area contributed by atoms with Gasteiger partial charge in [-0.25, -0.2) is 8.42 Å². The van der Waals surface area contributed by atoms with Crippen LogP contribution in [0, 0.1) is 11.3 Å². The van der Waals surface area contributed by atoms with Crippen molar-refractivity contribution in [2.45, 2.75) is 4.90 Å². The lowest BCUT2D eigenvalue weighted by Gasteiger charge is -2.09. The molecule has 0 aliphatic carbocycles. The van der Waals surface area contributed by atoms with Crippen LogP contribution in [0.5, 0.6) is 0 Å². The Morgan fingerprint density at radius 3 is 2.41 bits per heavy atom. The minimum absolute atomic E-state index is 0.263. The molecule has 0 spiro atoms. The zero-order chi connectivity index (χ0) is 20.9. The van der Waals surface area contributed by atoms with Crippen LogP contribution in [-0.2, 0) is 14.6 Å². The fourth-order valence-corrected chi connectivity index (χ4v) is 3.74. The van der Waals surface area contributed by atoms with Gasteiger partial charge in [0.05, 0.1) is 16.5 Å². The average Bonchev–Trinajstić information content (AvgIpc) is 2.72. The first-order valence-electron chi connectivity index (χ1n) is 8.75. The van der Waals surface area contributed by atoms with E-state index in [1.54, 1.807) is 78.9 Å². The summed E-state index contributed by atoms with van der Waals surface area (Å²) in [6.45, 7) is 0. The second-order valence-corrected chi connectivity index (χ2v) is 8.39. The Labute approximate surface area is 169 Å². The quantitative estimate of drug-likeness (QED) is 0.645. The predicted octanol–water partition coefficient (Wildman–Crippen LogP) is 4.28. The Kier molecular flexibility index (Phi) is 5.91. The number of hydrogen-bond acceptors (Lipinski definition) is 4. The van der Waals surface area contributed by atoms with Crippen molar-refractivity contribution in [3.05, 3.63) is 90.0 Å². The Morgan fingerprint density at radius 2 is 1.72 bits per heavy atom. The second kappa shape index (κ2) is 8.55. The van der Waals surface area contributed by atoms with Crippen LogP contribution in [-0.4, -0.2) is 20.6 Å². The number of benzene rings is 3. The summed E-state index contributed by atoms with van der Waals surface area (Å²) in [5.74, 6) is -0.309. The number of hydrogen-bond donors (Lipinski definition) is 1. The summed E-state index contributed by atoms with van der Waals surface area (Å²) in [7, 11) is -3.35. The van der Waals surface area contributed by atoms with Gasteiger partial charge in [-0.05, 0) is 47.5 Å². The van der Waals surface area contributed by atoms with E-state index >= 15 is 0 Å². The Bertz CT molecular complexity index is 1220. The van der Waals surface area contributed by atoms with Gasteiger partial charge in [0.2, 0.25) is 5.91 Å². The van der Waals surface area contributed by atoms with Crippen LogP contribution < -0.4 is 5.32 Å². The van der Waals surface area contributed by atoms with Crippen LogP contribution in [0.4, 0.5) is 5.69 Å². The minimum Gasteiger partial charge on any atom is -0.323 e. The van der Waals surface area contributed by atoms with Gasteiger partial charge in [0.1, 0.15) is 0 Å². The fourth-order valence-electron chi connectivity index (χ4n) is 2.83. The zero-order valence-corrected chi connectivity index (χ0v) is 16.5. The first-order chi connectivity index (χ1) is 13.9. The van der Waals surface area contributed by atoms with Gasteiger partial charge in [0.15, 0.2) is 9.84 Å².